The zero-order valence-corrected chi connectivity index (χ0v) is 10.9. The summed E-state index contributed by atoms with van der Waals surface area (Å²) in [5.74, 6) is 0.905. The van der Waals surface area contributed by atoms with E-state index < -0.39 is 5.97 Å². The molecule has 2 N–H and O–H groups in total. The summed E-state index contributed by atoms with van der Waals surface area (Å²) in [7, 11) is 1.77. The fourth-order valence-electron chi connectivity index (χ4n) is 2.13. The van der Waals surface area contributed by atoms with Crippen molar-refractivity contribution in [3.8, 4) is 0 Å². The first-order valence-corrected chi connectivity index (χ1v) is 6.77. The SMILES string of the molecule is Cc1nn(C)c(NCC2CCCS2)c1C(=O)O. The number of thioether (sulfide) groups is 1. The minimum Gasteiger partial charge on any atom is -0.477 e. The normalized spacial score (nSPS) is 19.5. The molecule has 6 heteroatoms. The van der Waals surface area contributed by atoms with Crippen LogP contribution in [0.2, 0.25) is 0 Å². The Bertz CT molecular complexity index is 425. The molecule has 2 rings (SSSR count). The molecular formula is C11H17N3O2S. The van der Waals surface area contributed by atoms with Crippen LogP contribution in [0.3, 0.4) is 0 Å². The molecule has 0 amide bonds. The number of carbonyl (C=O) groups is 1. The second-order valence-electron chi connectivity index (χ2n) is 4.25. The van der Waals surface area contributed by atoms with Gasteiger partial charge in [0.05, 0.1) is 5.69 Å². The first kappa shape index (κ1) is 12.3. The van der Waals surface area contributed by atoms with Gasteiger partial charge < -0.3 is 10.4 Å². The van der Waals surface area contributed by atoms with Gasteiger partial charge in [-0.15, -0.1) is 0 Å². The second kappa shape index (κ2) is 5.00. The Balaban J connectivity index is 2.11. The van der Waals surface area contributed by atoms with Gasteiger partial charge in [0.25, 0.3) is 0 Å². The van der Waals surface area contributed by atoms with E-state index in [2.05, 4.69) is 10.4 Å². The number of carboxylic acids is 1. The van der Waals surface area contributed by atoms with E-state index in [1.165, 1.54) is 18.6 Å². The predicted molar refractivity (Wildman–Crippen MR) is 68.9 cm³/mol. The largest absolute Gasteiger partial charge is 0.477 e. The van der Waals surface area contributed by atoms with Crippen molar-refractivity contribution in [3.63, 3.8) is 0 Å². The molecule has 1 atom stereocenters. The Morgan fingerprint density at radius 2 is 2.47 bits per heavy atom. The summed E-state index contributed by atoms with van der Waals surface area (Å²) in [6, 6.07) is 0. The van der Waals surface area contributed by atoms with Crippen LogP contribution < -0.4 is 5.32 Å². The highest BCUT2D eigenvalue weighted by Crippen LogP contribution is 2.27. The molecule has 0 aromatic carbocycles. The highest BCUT2D eigenvalue weighted by atomic mass is 32.2. The quantitative estimate of drug-likeness (QED) is 0.857. The maximum Gasteiger partial charge on any atom is 0.341 e. The van der Waals surface area contributed by atoms with Gasteiger partial charge in [-0.2, -0.15) is 16.9 Å². The lowest BCUT2D eigenvalue weighted by Crippen LogP contribution is -2.17. The van der Waals surface area contributed by atoms with E-state index in [9.17, 15) is 4.79 Å². The Hall–Kier alpha value is -1.17. The van der Waals surface area contributed by atoms with Crippen LogP contribution in [-0.2, 0) is 7.05 Å². The zero-order chi connectivity index (χ0) is 12.4. The van der Waals surface area contributed by atoms with E-state index in [0.717, 1.165) is 6.54 Å². The lowest BCUT2D eigenvalue weighted by molar-refractivity contribution is 0.0697. The number of nitrogens with zero attached hydrogens (tertiary/aromatic N) is 2. The van der Waals surface area contributed by atoms with Gasteiger partial charge in [-0.25, -0.2) is 4.79 Å². The van der Waals surface area contributed by atoms with Gasteiger partial charge in [0.2, 0.25) is 0 Å². The number of nitrogens with one attached hydrogen (secondary N) is 1. The van der Waals surface area contributed by atoms with Crippen molar-refractivity contribution in [3.05, 3.63) is 11.3 Å². The summed E-state index contributed by atoms with van der Waals surface area (Å²) in [5.41, 5.74) is 0.845. The summed E-state index contributed by atoms with van der Waals surface area (Å²) >= 11 is 1.95. The topological polar surface area (TPSA) is 67.2 Å². The number of hydrogen-bond acceptors (Lipinski definition) is 4. The first-order chi connectivity index (χ1) is 8.09. The Morgan fingerprint density at radius 1 is 1.71 bits per heavy atom. The third kappa shape index (κ3) is 2.57. The standard InChI is InChI=1S/C11H17N3O2S/c1-7-9(11(15)16)10(14(2)13-7)12-6-8-4-3-5-17-8/h8,12H,3-6H2,1-2H3,(H,15,16). The van der Waals surface area contributed by atoms with Crippen molar-refractivity contribution in [2.75, 3.05) is 17.6 Å². The van der Waals surface area contributed by atoms with Gasteiger partial charge in [-0.3, -0.25) is 4.68 Å². The molecule has 94 valence electrons. The van der Waals surface area contributed by atoms with E-state index in [4.69, 9.17) is 5.11 Å². The lowest BCUT2D eigenvalue weighted by Gasteiger charge is -2.12. The molecule has 5 nitrogen and oxygen atoms in total. The molecule has 2 heterocycles. The second-order valence-corrected chi connectivity index (χ2v) is 5.66. The molecule has 1 aliphatic heterocycles. The lowest BCUT2D eigenvalue weighted by atomic mass is 10.2. The van der Waals surface area contributed by atoms with Crippen LogP contribution in [0.15, 0.2) is 0 Å². The molecule has 0 bridgehead atoms. The van der Waals surface area contributed by atoms with Crippen molar-refractivity contribution in [2.45, 2.75) is 25.0 Å². The minimum atomic E-state index is -0.919. The third-order valence-electron chi connectivity index (χ3n) is 2.96. The van der Waals surface area contributed by atoms with Gasteiger partial charge in [0, 0.05) is 18.8 Å². The van der Waals surface area contributed by atoms with Crippen molar-refractivity contribution in [1.29, 1.82) is 0 Å². The fourth-order valence-corrected chi connectivity index (χ4v) is 3.33. The van der Waals surface area contributed by atoms with Gasteiger partial charge >= 0.3 is 5.97 Å². The van der Waals surface area contributed by atoms with Crippen LogP contribution in [0.1, 0.15) is 28.9 Å². The number of aromatic carboxylic acids is 1. The number of hydrogen-bond donors (Lipinski definition) is 2. The zero-order valence-electron chi connectivity index (χ0n) is 10.1. The summed E-state index contributed by atoms with van der Waals surface area (Å²) in [4.78, 5) is 11.2. The van der Waals surface area contributed by atoms with Crippen molar-refractivity contribution < 1.29 is 9.90 Å². The van der Waals surface area contributed by atoms with E-state index in [1.54, 1.807) is 18.7 Å². The fraction of sp³-hybridized carbons (Fsp3) is 0.636. The molecular weight excluding hydrogens is 238 g/mol. The van der Waals surface area contributed by atoms with Crippen molar-refractivity contribution >= 4 is 23.5 Å². The monoisotopic (exact) mass is 255 g/mol. The minimum absolute atomic E-state index is 0.287. The molecule has 1 unspecified atom stereocenters. The number of carboxylic acid groups (broad SMARTS) is 1. The molecule has 1 saturated heterocycles. The molecule has 17 heavy (non-hydrogen) atoms. The predicted octanol–water partition coefficient (Wildman–Crippen LogP) is 1.73. The molecule has 1 aromatic heterocycles. The smallest absolute Gasteiger partial charge is 0.341 e. The summed E-state index contributed by atoms with van der Waals surface area (Å²) in [6.07, 6.45) is 2.46. The van der Waals surface area contributed by atoms with Crippen LogP contribution in [0.25, 0.3) is 0 Å². The molecule has 0 radical (unpaired) electrons. The summed E-state index contributed by atoms with van der Waals surface area (Å²) in [6.45, 7) is 2.53. The summed E-state index contributed by atoms with van der Waals surface area (Å²) in [5, 5.41) is 17.1. The molecule has 1 fully saturated rings. The Morgan fingerprint density at radius 3 is 3.06 bits per heavy atom. The van der Waals surface area contributed by atoms with E-state index in [1.807, 2.05) is 11.8 Å². The Labute approximate surface area is 105 Å². The van der Waals surface area contributed by atoms with E-state index in [0.29, 0.717) is 16.8 Å². The van der Waals surface area contributed by atoms with Crippen molar-refractivity contribution in [2.24, 2.45) is 7.05 Å². The number of aryl methyl sites for hydroxylation is 2. The van der Waals surface area contributed by atoms with Crippen LogP contribution >= 0.6 is 11.8 Å². The first-order valence-electron chi connectivity index (χ1n) is 5.72. The number of aromatic nitrogens is 2. The molecule has 0 spiro atoms. The highest BCUT2D eigenvalue weighted by molar-refractivity contribution is 8.00. The van der Waals surface area contributed by atoms with Crippen LogP contribution in [0.5, 0.6) is 0 Å². The summed E-state index contributed by atoms with van der Waals surface area (Å²) < 4.78 is 1.61. The third-order valence-corrected chi connectivity index (χ3v) is 4.36. The van der Waals surface area contributed by atoms with Gasteiger partial charge in [-0.05, 0) is 25.5 Å². The maximum absolute atomic E-state index is 11.2. The maximum atomic E-state index is 11.2. The van der Waals surface area contributed by atoms with E-state index >= 15 is 0 Å². The molecule has 0 saturated carbocycles. The van der Waals surface area contributed by atoms with Gasteiger partial charge in [0.15, 0.2) is 0 Å². The average Bonchev–Trinajstić information content (AvgIpc) is 2.83. The van der Waals surface area contributed by atoms with Crippen LogP contribution in [-0.4, -0.2) is 38.4 Å². The van der Waals surface area contributed by atoms with Crippen LogP contribution in [0.4, 0.5) is 5.82 Å². The molecule has 1 aliphatic rings. The Kier molecular flexibility index (Phi) is 3.61. The van der Waals surface area contributed by atoms with Gasteiger partial charge in [0.1, 0.15) is 11.4 Å². The van der Waals surface area contributed by atoms with E-state index in [-0.39, 0.29) is 5.56 Å². The highest BCUT2D eigenvalue weighted by Gasteiger charge is 2.21. The van der Waals surface area contributed by atoms with Crippen molar-refractivity contribution in [1.82, 2.24) is 9.78 Å². The number of anilines is 1. The average molecular weight is 255 g/mol. The number of rotatable bonds is 4. The molecule has 0 aliphatic carbocycles. The van der Waals surface area contributed by atoms with Gasteiger partial charge in [-0.1, -0.05) is 0 Å². The van der Waals surface area contributed by atoms with Crippen LogP contribution in [0, 0.1) is 6.92 Å². The molecule has 1 aromatic rings.